The fourth-order valence-corrected chi connectivity index (χ4v) is 2.13. The lowest BCUT2D eigenvalue weighted by Gasteiger charge is -2.10. The molecule has 0 bridgehead atoms. The van der Waals surface area contributed by atoms with Crippen LogP contribution in [0, 0.1) is 12.3 Å². The van der Waals surface area contributed by atoms with Gasteiger partial charge in [0.05, 0.1) is 6.54 Å². The van der Waals surface area contributed by atoms with E-state index in [9.17, 15) is 0 Å². The number of aromatic nitrogens is 3. The van der Waals surface area contributed by atoms with Crippen molar-refractivity contribution in [2.24, 2.45) is 7.05 Å². The van der Waals surface area contributed by atoms with Gasteiger partial charge in [-0.2, -0.15) is 5.10 Å². The molecule has 6 heteroatoms. The van der Waals surface area contributed by atoms with Gasteiger partial charge in [0.25, 0.3) is 0 Å². The number of nitrogens with zero attached hydrogens (tertiary/aromatic N) is 3. The third-order valence-corrected chi connectivity index (χ3v) is 3.07. The van der Waals surface area contributed by atoms with Gasteiger partial charge in [0.15, 0.2) is 5.82 Å². The van der Waals surface area contributed by atoms with Gasteiger partial charge in [0.1, 0.15) is 18.7 Å². The average Bonchev–Trinajstić information content (AvgIpc) is 2.84. The minimum absolute atomic E-state index is 0.260. The van der Waals surface area contributed by atoms with Crippen molar-refractivity contribution in [3.8, 4) is 18.1 Å². The summed E-state index contributed by atoms with van der Waals surface area (Å²) in [7, 11) is 1.84. The summed E-state index contributed by atoms with van der Waals surface area (Å²) < 4.78 is 8.19. The minimum Gasteiger partial charge on any atom is -0.481 e. The Morgan fingerprint density at radius 3 is 3.00 bits per heavy atom. The van der Waals surface area contributed by atoms with Crippen LogP contribution in [0.2, 0.25) is 0 Å². The number of benzene rings is 1. The molecule has 0 radical (unpaired) electrons. The van der Waals surface area contributed by atoms with Crippen LogP contribution in [0.3, 0.4) is 0 Å². The number of hydrogen-bond donors (Lipinski definition) is 1. The number of terminal acetylenes is 1. The molecular weight excluding hydrogens is 320 g/mol. The summed E-state index contributed by atoms with van der Waals surface area (Å²) in [6, 6.07) is 5.83. The summed E-state index contributed by atoms with van der Waals surface area (Å²) in [5.41, 5.74) is 1.03. The first-order chi connectivity index (χ1) is 9.69. The predicted molar refractivity (Wildman–Crippen MR) is 80.0 cm³/mol. The van der Waals surface area contributed by atoms with Gasteiger partial charge in [-0.15, -0.1) is 6.42 Å². The van der Waals surface area contributed by atoms with E-state index in [1.165, 1.54) is 0 Å². The number of ether oxygens (including phenoxy) is 1. The lowest BCUT2D eigenvalue weighted by atomic mass is 10.2. The molecule has 0 fully saturated rings. The van der Waals surface area contributed by atoms with E-state index in [-0.39, 0.29) is 6.61 Å². The quantitative estimate of drug-likeness (QED) is 0.819. The molecule has 1 aromatic heterocycles. The van der Waals surface area contributed by atoms with Gasteiger partial charge in [-0.3, -0.25) is 4.68 Å². The largest absolute Gasteiger partial charge is 0.481 e. The Labute approximate surface area is 126 Å². The number of aryl methyl sites for hydroxylation is 1. The zero-order valence-corrected chi connectivity index (χ0v) is 12.7. The molecule has 2 rings (SSSR count). The third-order valence-electron chi connectivity index (χ3n) is 2.58. The highest BCUT2D eigenvalue weighted by molar-refractivity contribution is 9.10. The molecule has 0 saturated carbocycles. The second-order valence-corrected chi connectivity index (χ2v) is 5.10. The molecule has 0 spiro atoms. The Kier molecular flexibility index (Phi) is 5.16. The van der Waals surface area contributed by atoms with E-state index in [0.29, 0.717) is 13.1 Å². The molecule has 2 aromatic rings. The van der Waals surface area contributed by atoms with Crippen LogP contribution < -0.4 is 10.1 Å². The average molecular weight is 335 g/mol. The second-order valence-electron chi connectivity index (χ2n) is 4.18. The summed E-state index contributed by atoms with van der Waals surface area (Å²) in [6.45, 7) is 1.51. The van der Waals surface area contributed by atoms with E-state index in [1.54, 1.807) is 11.0 Å². The van der Waals surface area contributed by atoms with Crippen molar-refractivity contribution in [2.45, 2.75) is 13.1 Å². The monoisotopic (exact) mass is 334 g/mol. The fourth-order valence-electron chi connectivity index (χ4n) is 1.72. The van der Waals surface area contributed by atoms with Crippen LogP contribution in [0.1, 0.15) is 11.4 Å². The number of hydrogen-bond acceptors (Lipinski definition) is 4. The van der Waals surface area contributed by atoms with E-state index < -0.39 is 0 Å². The van der Waals surface area contributed by atoms with E-state index in [0.717, 1.165) is 21.6 Å². The summed E-state index contributed by atoms with van der Waals surface area (Å²) in [4.78, 5) is 4.16. The summed E-state index contributed by atoms with van der Waals surface area (Å²) >= 11 is 3.45. The molecule has 5 nitrogen and oxygen atoms in total. The van der Waals surface area contributed by atoms with E-state index in [1.807, 2.05) is 25.2 Å². The topological polar surface area (TPSA) is 52.0 Å². The van der Waals surface area contributed by atoms with E-state index in [4.69, 9.17) is 11.2 Å². The van der Waals surface area contributed by atoms with Crippen molar-refractivity contribution in [2.75, 3.05) is 6.61 Å². The van der Waals surface area contributed by atoms with Gasteiger partial charge in [-0.1, -0.05) is 21.9 Å². The smallest absolute Gasteiger partial charge is 0.164 e. The molecular formula is C14H15BrN4O. The maximum absolute atomic E-state index is 5.52. The summed E-state index contributed by atoms with van der Waals surface area (Å²) in [5.74, 6) is 4.01. The van der Waals surface area contributed by atoms with Gasteiger partial charge in [-0.05, 0) is 18.2 Å². The summed E-state index contributed by atoms with van der Waals surface area (Å²) in [5, 5.41) is 7.49. The highest BCUT2D eigenvalue weighted by atomic mass is 79.9. The zero-order valence-electron chi connectivity index (χ0n) is 11.1. The molecule has 0 aliphatic heterocycles. The van der Waals surface area contributed by atoms with Gasteiger partial charge >= 0.3 is 0 Å². The van der Waals surface area contributed by atoms with Gasteiger partial charge in [0, 0.05) is 23.6 Å². The van der Waals surface area contributed by atoms with Crippen LogP contribution >= 0.6 is 15.9 Å². The molecule has 104 valence electrons. The van der Waals surface area contributed by atoms with Crippen LogP contribution in [0.15, 0.2) is 29.0 Å². The van der Waals surface area contributed by atoms with Crippen LogP contribution in [0.25, 0.3) is 0 Å². The lowest BCUT2D eigenvalue weighted by molar-refractivity contribution is 0.364. The minimum atomic E-state index is 0.260. The Morgan fingerprint density at radius 1 is 1.45 bits per heavy atom. The lowest BCUT2D eigenvalue weighted by Crippen LogP contribution is -2.15. The van der Waals surface area contributed by atoms with E-state index >= 15 is 0 Å². The van der Waals surface area contributed by atoms with Crippen molar-refractivity contribution in [1.29, 1.82) is 0 Å². The molecule has 0 aliphatic carbocycles. The van der Waals surface area contributed by atoms with Crippen LogP contribution in [-0.4, -0.2) is 21.4 Å². The SMILES string of the molecule is C#CCOc1ccc(Br)cc1CNCc1ncn(C)n1. The molecule has 0 amide bonds. The van der Waals surface area contributed by atoms with Crippen LogP contribution in [0.5, 0.6) is 5.75 Å². The third kappa shape index (κ3) is 4.08. The van der Waals surface area contributed by atoms with Crippen molar-refractivity contribution in [1.82, 2.24) is 20.1 Å². The Bertz CT molecular complexity index is 618. The maximum atomic E-state index is 5.52. The Morgan fingerprint density at radius 2 is 2.30 bits per heavy atom. The first-order valence-electron chi connectivity index (χ1n) is 6.09. The molecule has 0 unspecified atom stereocenters. The molecule has 0 aliphatic rings. The molecule has 1 N–H and O–H groups in total. The zero-order chi connectivity index (χ0) is 14.4. The Balaban J connectivity index is 1.97. The molecule has 0 saturated heterocycles. The number of rotatable bonds is 6. The fraction of sp³-hybridized carbons (Fsp3) is 0.286. The predicted octanol–water partition coefficient (Wildman–Crippen LogP) is 1.88. The number of halogens is 1. The van der Waals surface area contributed by atoms with Crippen molar-refractivity contribution in [3.63, 3.8) is 0 Å². The molecule has 20 heavy (non-hydrogen) atoms. The van der Waals surface area contributed by atoms with Crippen molar-refractivity contribution >= 4 is 15.9 Å². The van der Waals surface area contributed by atoms with Gasteiger partial charge < -0.3 is 10.1 Å². The van der Waals surface area contributed by atoms with Crippen molar-refractivity contribution in [3.05, 3.63) is 40.4 Å². The molecule has 1 heterocycles. The molecule has 0 atom stereocenters. The standard InChI is InChI=1S/C14H15BrN4O/c1-3-6-20-13-5-4-12(15)7-11(13)8-16-9-14-17-10-19(2)18-14/h1,4-5,7,10,16H,6,8-9H2,2H3. The second kappa shape index (κ2) is 7.08. The van der Waals surface area contributed by atoms with Crippen LogP contribution in [0.4, 0.5) is 0 Å². The van der Waals surface area contributed by atoms with Crippen LogP contribution in [-0.2, 0) is 20.1 Å². The highest BCUT2D eigenvalue weighted by Crippen LogP contribution is 2.23. The van der Waals surface area contributed by atoms with E-state index in [2.05, 4.69) is 37.2 Å². The Hall–Kier alpha value is -1.84. The van der Waals surface area contributed by atoms with Gasteiger partial charge in [0.2, 0.25) is 0 Å². The van der Waals surface area contributed by atoms with Crippen molar-refractivity contribution < 1.29 is 4.74 Å². The first kappa shape index (κ1) is 14.6. The van der Waals surface area contributed by atoms with Gasteiger partial charge in [-0.25, -0.2) is 4.98 Å². The first-order valence-corrected chi connectivity index (χ1v) is 6.88. The highest BCUT2D eigenvalue weighted by Gasteiger charge is 2.05. The number of nitrogens with one attached hydrogen (secondary N) is 1. The normalized spacial score (nSPS) is 10.2. The maximum Gasteiger partial charge on any atom is 0.164 e. The molecule has 1 aromatic carbocycles. The summed E-state index contributed by atoms with van der Waals surface area (Å²) in [6.07, 6.45) is 6.89.